The van der Waals surface area contributed by atoms with Crippen LogP contribution in [0.15, 0.2) is 24.3 Å². The number of hydrogen-bond donors (Lipinski definition) is 1. The third-order valence-electron chi connectivity index (χ3n) is 3.38. The van der Waals surface area contributed by atoms with Crippen LogP contribution in [-0.4, -0.2) is 23.1 Å². The van der Waals surface area contributed by atoms with Crippen LogP contribution in [0.2, 0.25) is 0 Å². The third kappa shape index (κ3) is 4.85. The van der Waals surface area contributed by atoms with Crippen molar-refractivity contribution in [2.24, 2.45) is 5.92 Å². The average molecular weight is 307 g/mol. The molecule has 0 amide bonds. The van der Waals surface area contributed by atoms with E-state index in [1.807, 2.05) is 13.0 Å². The molecular formula is C16H18FNO4. The van der Waals surface area contributed by atoms with Gasteiger partial charge in [-0.25, -0.2) is 4.39 Å². The highest BCUT2D eigenvalue weighted by molar-refractivity contribution is 5.78. The van der Waals surface area contributed by atoms with Gasteiger partial charge >= 0.3 is 11.9 Å². The van der Waals surface area contributed by atoms with Crippen LogP contribution in [0, 0.1) is 23.1 Å². The molecule has 118 valence electrons. The van der Waals surface area contributed by atoms with Crippen LogP contribution >= 0.6 is 0 Å². The van der Waals surface area contributed by atoms with E-state index in [9.17, 15) is 19.2 Å². The van der Waals surface area contributed by atoms with E-state index in [4.69, 9.17) is 9.84 Å². The summed E-state index contributed by atoms with van der Waals surface area (Å²) in [6.07, 6.45) is -0.189. The van der Waals surface area contributed by atoms with E-state index >= 15 is 0 Å². The zero-order valence-electron chi connectivity index (χ0n) is 12.5. The molecule has 0 saturated heterocycles. The Balaban J connectivity index is 3.07. The summed E-state index contributed by atoms with van der Waals surface area (Å²) in [6.45, 7) is 3.52. The minimum Gasteiger partial charge on any atom is -0.481 e. The normalized spacial score (nSPS) is 14.5. The standard InChI is InChI=1S/C16H18FNO4/c1-3-10(2)22-16(21)14(9-18)13(8-15(19)20)11-4-6-12(17)7-5-11/h4-7,10,13-14H,3,8H2,1-2H3,(H,19,20). The van der Waals surface area contributed by atoms with Crippen molar-refractivity contribution < 1.29 is 23.8 Å². The molecule has 0 spiro atoms. The fourth-order valence-corrected chi connectivity index (χ4v) is 1.99. The summed E-state index contributed by atoms with van der Waals surface area (Å²) in [4.78, 5) is 23.1. The first-order valence-corrected chi connectivity index (χ1v) is 6.96. The molecule has 0 aromatic heterocycles. The van der Waals surface area contributed by atoms with Crippen molar-refractivity contribution in [3.63, 3.8) is 0 Å². The number of carboxylic acids is 1. The highest BCUT2D eigenvalue weighted by Crippen LogP contribution is 2.29. The first kappa shape index (κ1) is 17.6. The maximum atomic E-state index is 13.0. The summed E-state index contributed by atoms with van der Waals surface area (Å²) >= 11 is 0. The molecule has 0 aliphatic heterocycles. The van der Waals surface area contributed by atoms with Gasteiger partial charge in [0.15, 0.2) is 5.92 Å². The van der Waals surface area contributed by atoms with Crippen molar-refractivity contribution in [2.75, 3.05) is 0 Å². The molecule has 0 aliphatic rings. The van der Waals surface area contributed by atoms with E-state index in [0.717, 1.165) is 0 Å². The summed E-state index contributed by atoms with van der Waals surface area (Å²) in [5.74, 6) is -4.53. The predicted molar refractivity (Wildman–Crippen MR) is 76.3 cm³/mol. The number of benzene rings is 1. The fourth-order valence-electron chi connectivity index (χ4n) is 1.99. The fraction of sp³-hybridized carbons (Fsp3) is 0.438. The van der Waals surface area contributed by atoms with Crippen LogP contribution in [-0.2, 0) is 14.3 Å². The number of ether oxygens (including phenoxy) is 1. The van der Waals surface area contributed by atoms with Gasteiger partial charge < -0.3 is 9.84 Å². The van der Waals surface area contributed by atoms with Gasteiger partial charge in [-0.1, -0.05) is 19.1 Å². The molecule has 5 nitrogen and oxygen atoms in total. The van der Waals surface area contributed by atoms with Crippen LogP contribution in [0.4, 0.5) is 4.39 Å². The molecular weight excluding hydrogens is 289 g/mol. The monoisotopic (exact) mass is 307 g/mol. The maximum absolute atomic E-state index is 13.0. The highest BCUT2D eigenvalue weighted by Gasteiger charge is 2.33. The number of rotatable bonds is 7. The lowest BCUT2D eigenvalue weighted by atomic mass is 9.84. The second kappa shape index (κ2) is 8.13. The third-order valence-corrected chi connectivity index (χ3v) is 3.38. The lowest BCUT2D eigenvalue weighted by Gasteiger charge is -2.21. The molecule has 1 aromatic carbocycles. The average Bonchev–Trinajstić information content (AvgIpc) is 2.47. The van der Waals surface area contributed by atoms with Crippen LogP contribution in [0.25, 0.3) is 0 Å². The summed E-state index contributed by atoms with van der Waals surface area (Å²) in [6, 6.07) is 6.91. The predicted octanol–water partition coefficient (Wildman–Crippen LogP) is 2.87. The minimum atomic E-state index is -1.25. The molecule has 0 aliphatic carbocycles. The summed E-state index contributed by atoms with van der Waals surface area (Å²) in [7, 11) is 0. The lowest BCUT2D eigenvalue weighted by molar-refractivity contribution is -0.152. The van der Waals surface area contributed by atoms with Gasteiger partial charge in [0, 0.05) is 5.92 Å². The molecule has 3 unspecified atom stereocenters. The van der Waals surface area contributed by atoms with Gasteiger partial charge in [0.05, 0.1) is 18.6 Å². The second-order valence-electron chi connectivity index (χ2n) is 5.02. The Labute approximate surface area is 128 Å². The smallest absolute Gasteiger partial charge is 0.324 e. The molecule has 0 bridgehead atoms. The van der Waals surface area contributed by atoms with Crippen LogP contribution in [0.3, 0.4) is 0 Å². The van der Waals surface area contributed by atoms with E-state index in [-0.39, 0.29) is 6.10 Å². The van der Waals surface area contributed by atoms with Crippen LogP contribution < -0.4 is 0 Å². The highest BCUT2D eigenvalue weighted by atomic mass is 19.1. The number of hydrogen-bond acceptors (Lipinski definition) is 4. The Morgan fingerprint density at radius 1 is 1.36 bits per heavy atom. The molecule has 1 aromatic rings. The number of carbonyl (C=O) groups is 2. The van der Waals surface area contributed by atoms with Crippen molar-refractivity contribution in [1.82, 2.24) is 0 Å². The number of halogens is 1. The van der Waals surface area contributed by atoms with Gasteiger partial charge in [-0.05, 0) is 31.0 Å². The first-order valence-electron chi connectivity index (χ1n) is 6.96. The van der Waals surface area contributed by atoms with Crippen molar-refractivity contribution in [3.05, 3.63) is 35.6 Å². The number of nitrogens with zero attached hydrogens (tertiary/aromatic N) is 1. The summed E-state index contributed by atoms with van der Waals surface area (Å²) in [5.41, 5.74) is 0.413. The summed E-state index contributed by atoms with van der Waals surface area (Å²) in [5, 5.41) is 18.3. The Morgan fingerprint density at radius 2 is 1.95 bits per heavy atom. The van der Waals surface area contributed by atoms with E-state index in [2.05, 4.69) is 0 Å². The van der Waals surface area contributed by atoms with E-state index in [1.54, 1.807) is 6.92 Å². The minimum absolute atomic E-state index is 0.359. The Morgan fingerprint density at radius 3 is 2.41 bits per heavy atom. The van der Waals surface area contributed by atoms with Gasteiger partial charge in [0.2, 0.25) is 0 Å². The van der Waals surface area contributed by atoms with Gasteiger partial charge in [-0.3, -0.25) is 9.59 Å². The van der Waals surface area contributed by atoms with Crippen molar-refractivity contribution in [2.45, 2.75) is 38.7 Å². The Hall–Kier alpha value is -2.42. The van der Waals surface area contributed by atoms with Gasteiger partial charge in [-0.2, -0.15) is 5.26 Å². The quantitative estimate of drug-likeness (QED) is 0.783. The van der Waals surface area contributed by atoms with Crippen molar-refractivity contribution in [1.29, 1.82) is 5.26 Å². The second-order valence-corrected chi connectivity index (χ2v) is 5.02. The molecule has 6 heteroatoms. The van der Waals surface area contributed by atoms with E-state index in [0.29, 0.717) is 12.0 Å². The SMILES string of the molecule is CCC(C)OC(=O)C(C#N)C(CC(=O)O)c1ccc(F)cc1. The maximum Gasteiger partial charge on any atom is 0.324 e. The van der Waals surface area contributed by atoms with Gasteiger partial charge in [-0.15, -0.1) is 0 Å². The Bertz CT molecular complexity index is 565. The van der Waals surface area contributed by atoms with Crippen molar-refractivity contribution >= 4 is 11.9 Å². The zero-order chi connectivity index (χ0) is 16.7. The molecule has 1 N–H and O–H groups in total. The lowest BCUT2D eigenvalue weighted by Crippen LogP contribution is -2.27. The molecule has 0 radical (unpaired) electrons. The Kier molecular flexibility index (Phi) is 6.51. The number of nitriles is 1. The topological polar surface area (TPSA) is 87.4 Å². The van der Waals surface area contributed by atoms with E-state index < -0.39 is 36.0 Å². The molecule has 1 rings (SSSR count). The van der Waals surface area contributed by atoms with Gasteiger partial charge in [0.1, 0.15) is 5.82 Å². The molecule has 3 atom stereocenters. The number of aliphatic carboxylic acids is 1. The first-order chi connectivity index (χ1) is 10.4. The molecule has 0 saturated carbocycles. The van der Waals surface area contributed by atoms with Gasteiger partial charge in [0.25, 0.3) is 0 Å². The van der Waals surface area contributed by atoms with Crippen LogP contribution in [0.1, 0.15) is 38.2 Å². The number of carboxylic acid groups (broad SMARTS) is 1. The van der Waals surface area contributed by atoms with Crippen LogP contribution in [0.5, 0.6) is 0 Å². The molecule has 0 heterocycles. The molecule has 22 heavy (non-hydrogen) atoms. The van der Waals surface area contributed by atoms with E-state index in [1.165, 1.54) is 24.3 Å². The largest absolute Gasteiger partial charge is 0.481 e. The number of carbonyl (C=O) groups excluding carboxylic acids is 1. The summed E-state index contributed by atoms with van der Waals surface area (Å²) < 4.78 is 18.1. The number of esters is 1. The van der Waals surface area contributed by atoms with Crippen molar-refractivity contribution in [3.8, 4) is 6.07 Å². The molecule has 0 fully saturated rings. The zero-order valence-corrected chi connectivity index (χ0v) is 12.5.